The van der Waals surface area contributed by atoms with Crippen molar-refractivity contribution in [1.29, 1.82) is 0 Å². The molecule has 0 unspecified atom stereocenters. The van der Waals surface area contributed by atoms with Crippen LogP contribution in [0.2, 0.25) is 0 Å². The van der Waals surface area contributed by atoms with Crippen LogP contribution in [0.3, 0.4) is 0 Å². The standard InChI is InChI=1S/C13H17NO/c1-10-3-5-11(6-4-10)9-12(15)13(14)7-2-8-13/h3-6H,2,7-9,14H2,1H3. The van der Waals surface area contributed by atoms with Crippen molar-refractivity contribution in [2.24, 2.45) is 5.73 Å². The predicted molar refractivity (Wildman–Crippen MR) is 60.7 cm³/mol. The van der Waals surface area contributed by atoms with Gasteiger partial charge in [0.15, 0.2) is 5.78 Å². The van der Waals surface area contributed by atoms with Crippen LogP contribution in [0.25, 0.3) is 0 Å². The maximum atomic E-state index is 11.9. The van der Waals surface area contributed by atoms with Crippen molar-refractivity contribution >= 4 is 5.78 Å². The number of hydrogen-bond acceptors (Lipinski definition) is 2. The summed E-state index contributed by atoms with van der Waals surface area (Å²) in [5, 5.41) is 0. The molecule has 0 amide bonds. The zero-order valence-electron chi connectivity index (χ0n) is 9.12. The fourth-order valence-electron chi connectivity index (χ4n) is 1.90. The highest BCUT2D eigenvalue weighted by molar-refractivity contribution is 5.90. The van der Waals surface area contributed by atoms with Gasteiger partial charge in [-0.3, -0.25) is 4.79 Å². The molecule has 1 aliphatic rings. The van der Waals surface area contributed by atoms with Gasteiger partial charge in [0, 0.05) is 6.42 Å². The van der Waals surface area contributed by atoms with E-state index in [1.165, 1.54) is 5.56 Å². The summed E-state index contributed by atoms with van der Waals surface area (Å²) in [6.45, 7) is 2.04. The Hall–Kier alpha value is -1.15. The average Bonchev–Trinajstić information content (AvgIpc) is 2.18. The van der Waals surface area contributed by atoms with Gasteiger partial charge >= 0.3 is 0 Å². The lowest BCUT2D eigenvalue weighted by atomic mass is 9.73. The molecule has 0 heterocycles. The van der Waals surface area contributed by atoms with E-state index in [0.29, 0.717) is 6.42 Å². The lowest BCUT2D eigenvalue weighted by Crippen LogP contribution is -2.54. The predicted octanol–water partition coefficient (Wildman–Crippen LogP) is 1.99. The topological polar surface area (TPSA) is 43.1 Å². The highest BCUT2D eigenvalue weighted by atomic mass is 16.1. The molecule has 0 bridgehead atoms. The number of carbonyl (C=O) groups excluding carboxylic acids is 1. The van der Waals surface area contributed by atoms with Crippen LogP contribution in [0.1, 0.15) is 30.4 Å². The highest BCUT2D eigenvalue weighted by Crippen LogP contribution is 2.30. The quantitative estimate of drug-likeness (QED) is 0.816. The van der Waals surface area contributed by atoms with Crippen LogP contribution in [0.5, 0.6) is 0 Å². The Kier molecular flexibility index (Phi) is 2.61. The van der Waals surface area contributed by atoms with E-state index >= 15 is 0 Å². The van der Waals surface area contributed by atoms with Crippen LogP contribution in [0, 0.1) is 6.92 Å². The van der Waals surface area contributed by atoms with Crippen molar-refractivity contribution < 1.29 is 4.79 Å². The summed E-state index contributed by atoms with van der Waals surface area (Å²) in [7, 11) is 0. The van der Waals surface area contributed by atoms with Crippen molar-refractivity contribution in [3.63, 3.8) is 0 Å². The molecule has 0 atom stereocenters. The van der Waals surface area contributed by atoms with Gasteiger partial charge in [0.05, 0.1) is 5.54 Å². The molecule has 2 N–H and O–H groups in total. The molecule has 2 nitrogen and oxygen atoms in total. The van der Waals surface area contributed by atoms with Gasteiger partial charge in [-0.05, 0) is 31.7 Å². The summed E-state index contributed by atoms with van der Waals surface area (Å²) in [5.41, 5.74) is 7.76. The molecule has 1 fully saturated rings. The molecule has 0 radical (unpaired) electrons. The molecule has 1 saturated carbocycles. The first-order chi connectivity index (χ1) is 7.10. The third-order valence-corrected chi connectivity index (χ3v) is 3.29. The Morgan fingerprint density at radius 2 is 1.93 bits per heavy atom. The molecule has 1 aliphatic carbocycles. The van der Waals surface area contributed by atoms with E-state index in [0.717, 1.165) is 24.8 Å². The Morgan fingerprint density at radius 3 is 2.40 bits per heavy atom. The molecule has 1 aromatic carbocycles. The van der Waals surface area contributed by atoms with Crippen LogP contribution in [0.15, 0.2) is 24.3 Å². The molecule has 2 rings (SSSR count). The Bertz CT molecular complexity index is 363. The van der Waals surface area contributed by atoms with E-state index in [9.17, 15) is 4.79 Å². The van der Waals surface area contributed by atoms with Gasteiger partial charge in [0.2, 0.25) is 0 Å². The molecule has 80 valence electrons. The molecule has 1 aromatic rings. The minimum Gasteiger partial charge on any atom is -0.319 e. The third kappa shape index (κ3) is 2.10. The zero-order chi connectivity index (χ0) is 10.9. The van der Waals surface area contributed by atoms with Gasteiger partial charge in [-0.15, -0.1) is 0 Å². The van der Waals surface area contributed by atoms with Gasteiger partial charge in [0.25, 0.3) is 0 Å². The molecule has 0 aromatic heterocycles. The number of ketones is 1. The second-order valence-electron chi connectivity index (χ2n) is 4.60. The van der Waals surface area contributed by atoms with Crippen LogP contribution >= 0.6 is 0 Å². The molecule has 15 heavy (non-hydrogen) atoms. The largest absolute Gasteiger partial charge is 0.319 e. The van der Waals surface area contributed by atoms with Gasteiger partial charge < -0.3 is 5.73 Å². The smallest absolute Gasteiger partial charge is 0.156 e. The fraction of sp³-hybridized carbons (Fsp3) is 0.462. The first kappa shape index (κ1) is 10.4. The van der Waals surface area contributed by atoms with E-state index in [1.54, 1.807) is 0 Å². The van der Waals surface area contributed by atoms with E-state index < -0.39 is 5.54 Å². The molecule has 0 saturated heterocycles. The highest BCUT2D eigenvalue weighted by Gasteiger charge is 2.39. The minimum absolute atomic E-state index is 0.192. The number of nitrogens with two attached hydrogens (primary N) is 1. The van der Waals surface area contributed by atoms with Crippen molar-refractivity contribution in [3.05, 3.63) is 35.4 Å². The third-order valence-electron chi connectivity index (χ3n) is 3.29. The molecule has 2 heteroatoms. The van der Waals surface area contributed by atoms with Crippen LogP contribution in [-0.2, 0) is 11.2 Å². The number of Topliss-reactive ketones (excluding diaryl/α,β-unsaturated/α-hetero) is 1. The number of benzene rings is 1. The van der Waals surface area contributed by atoms with Gasteiger partial charge in [0.1, 0.15) is 0 Å². The van der Waals surface area contributed by atoms with Crippen molar-refractivity contribution in [2.75, 3.05) is 0 Å². The van der Waals surface area contributed by atoms with Crippen molar-refractivity contribution in [3.8, 4) is 0 Å². The van der Waals surface area contributed by atoms with Crippen LogP contribution < -0.4 is 5.73 Å². The summed E-state index contributed by atoms with van der Waals surface area (Å²) >= 11 is 0. The Morgan fingerprint density at radius 1 is 1.33 bits per heavy atom. The maximum absolute atomic E-state index is 11.9. The second-order valence-corrected chi connectivity index (χ2v) is 4.60. The summed E-state index contributed by atoms with van der Waals surface area (Å²) in [4.78, 5) is 11.9. The molecule has 0 spiro atoms. The SMILES string of the molecule is Cc1ccc(CC(=O)C2(N)CCC2)cc1. The van der Waals surface area contributed by atoms with Crippen LogP contribution in [-0.4, -0.2) is 11.3 Å². The van der Waals surface area contributed by atoms with E-state index in [2.05, 4.69) is 0 Å². The van der Waals surface area contributed by atoms with Gasteiger partial charge in [-0.25, -0.2) is 0 Å². The van der Waals surface area contributed by atoms with E-state index in [1.807, 2.05) is 31.2 Å². The minimum atomic E-state index is -0.509. The number of rotatable bonds is 3. The lowest BCUT2D eigenvalue weighted by molar-refractivity contribution is -0.126. The van der Waals surface area contributed by atoms with Crippen molar-refractivity contribution in [2.45, 2.75) is 38.1 Å². The number of aryl methyl sites for hydroxylation is 1. The average molecular weight is 203 g/mol. The van der Waals surface area contributed by atoms with E-state index in [4.69, 9.17) is 5.73 Å². The monoisotopic (exact) mass is 203 g/mol. The van der Waals surface area contributed by atoms with Gasteiger partial charge in [-0.1, -0.05) is 29.8 Å². The molecular weight excluding hydrogens is 186 g/mol. The van der Waals surface area contributed by atoms with Crippen LogP contribution in [0.4, 0.5) is 0 Å². The summed E-state index contributed by atoms with van der Waals surface area (Å²) in [6.07, 6.45) is 3.29. The normalized spacial score (nSPS) is 18.3. The second kappa shape index (κ2) is 3.78. The lowest BCUT2D eigenvalue weighted by Gasteiger charge is -2.36. The summed E-state index contributed by atoms with van der Waals surface area (Å²) in [6, 6.07) is 8.09. The first-order valence-corrected chi connectivity index (χ1v) is 5.48. The van der Waals surface area contributed by atoms with Crippen molar-refractivity contribution in [1.82, 2.24) is 0 Å². The number of hydrogen-bond donors (Lipinski definition) is 1. The fourth-order valence-corrected chi connectivity index (χ4v) is 1.90. The molecular formula is C13H17NO. The maximum Gasteiger partial charge on any atom is 0.156 e. The Labute approximate surface area is 90.5 Å². The van der Waals surface area contributed by atoms with Gasteiger partial charge in [-0.2, -0.15) is 0 Å². The first-order valence-electron chi connectivity index (χ1n) is 5.48. The molecule has 0 aliphatic heterocycles. The number of carbonyl (C=O) groups is 1. The Balaban J connectivity index is 2.02. The summed E-state index contributed by atoms with van der Waals surface area (Å²) < 4.78 is 0. The van der Waals surface area contributed by atoms with E-state index in [-0.39, 0.29) is 5.78 Å². The summed E-state index contributed by atoms with van der Waals surface area (Å²) in [5.74, 6) is 0.192. The zero-order valence-corrected chi connectivity index (χ0v) is 9.12.